The van der Waals surface area contributed by atoms with Crippen molar-refractivity contribution < 1.29 is 19.8 Å². The molecule has 0 fully saturated rings. The Morgan fingerprint density at radius 1 is 1.04 bits per heavy atom. The molecule has 24 heavy (non-hydrogen) atoms. The number of carbonyl (C=O) groups is 2. The van der Waals surface area contributed by atoms with Gasteiger partial charge in [0.2, 0.25) is 0 Å². The summed E-state index contributed by atoms with van der Waals surface area (Å²) >= 11 is 0. The van der Waals surface area contributed by atoms with Crippen molar-refractivity contribution in [2.24, 2.45) is 10.2 Å². The molecule has 0 aliphatic carbocycles. The van der Waals surface area contributed by atoms with Crippen LogP contribution in [0.2, 0.25) is 0 Å². The van der Waals surface area contributed by atoms with Gasteiger partial charge in [0, 0.05) is 6.20 Å². The Kier molecular flexibility index (Phi) is 3.78. The van der Waals surface area contributed by atoms with E-state index in [1.165, 1.54) is 28.8 Å². The third-order valence-electron chi connectivity index (χ3n) is 3.36. The van der Waals surface area contributed by atoms with E-state index in [2.05, 4.69) is 15.2 Å². The zero-order valence-electron chi connectivity index (χ0n) is 12.5. The Bertz CT molecular complexity index is 991. The first-order chi connectivity index (χ1) is 11.5. The van der Waals surface area contributed by atoms with Crippen LogP contribution >= 0.6 is 0 Å². The van der Waals surface area contributed by atoms with Crippen LogP contribution in [-0.4, -0.2) is 31.5 Å². The van der Waals surface area contributed by atoms with Crippen LogP contribution in [0.3, 0.4) is 0 Å². The molecule has 0 unspecified atom stereocenters. The van der Waals surface area contributed by atoms with Crippen molar-refractivity contribution in [3.63, 3.8) is 0 Å². The lowest BCUT2D eigenvalue weighted by Gasteiger charge is -1.99. The number of rotatable bonds is 4. The Balaban J connectivity index is 2.04. The predicted molar refractivity (Wildman–Crippen MR) is 84.5 cm³/mol. The maximum atomic E-state index is 11.1. The second kappa shape index (κ2) is 5.92. The summed E-state index contributed by atoms with van der Waals surface area (Å²) < 4.78 is 1.53. The number of hydrogen-bond acceptors (Lipinski definition) is 5. The van der Waals surface area contributed by atoms with Crippen molar-refractivity contribution >= 4 is 29.1 Å². The van der Waals surface area contributed by atoms with Crippen LogP contribution in [0.15, 0.2) is 52.8 Å². The number of aryl methyl sites for hydroxylation is 1. The molecular weight excluding hydrogens is 312 g/mol. The molecule has 0 radical (unpaired) electrons. The lowest BCUT2D eigenvalue weighted by Crippen LogP contribution is -1.98. The monoisotopic (exact) mass is 324 g/mol. The maximum absolute atomic E-state index is 11.1. The van der Waals surface area contributed by atoms with E-state index in [1.807, 2.05) is 0 Å². The third kappa shape index (κ3) is 2.84. The van der Waals surface area contributed by atoms with Crippen LogP contribution in [-0.2, 0) is 0 Å². The molecule has 1 aromatic carbocycles. The molecule has 2 heterocycles. The molecule has 0 bridgehead atoms. The zero-order valence-corrected chi connectivity index (χ0v) is 12.5. The average molecular weight is 324 g/mol. The van der Waals surface area contributed by atoms with E-state index in [0.29, 0.717) is 22.8 Å². The Morgan fingerprint density at radius 3 is 2.50 bits per heavy atom. The molecule has 8 nitrogen and oxygen atoms in total. The van der Waals surface area contributed by atoms with Gasteiger partial charge in [-0.1, -0.05) is 6.07 Å². The number of benzene rings is 1. The van der Waals surface area contributed by atoms with E-state index in [1.54, 1.807) is 25.1 Å². The highest BCUT2D eigenvalue weighted by molar-refractivity contribution is 5.88. The van der Waals surface area contributed by atoms with E-state index < -0.39 is 11.9 Å². The predicted octanol–water partition coefficient (Wildman–Crippen LogP) is 3.45. The lowest BCUT2D eigenvalue weighted by molar-refractivity contribution is 0.0686. The number of hydrogen-bond donors (Lipinski definition) is 2. The minimum Gasteiger partial charge on any atom is -0.478 e. The summed E-state index contributed by atoms with van der Waals surface area (Å²) in [7, 11) is 0. The van der Waals surface area contributed by atoms with E-state index >= 15 is 0 Å². The molecule has 0 amide bonds. The first-order valence-corrected chi connectivity index (χ1v) is 6.93. The standard InChI is InChI=1S/C16H12N4O4/c1-9-14(19-18-12-4-2-3-10(7-12)15(21)22)20-8-11(16(23)24)5-6-13(20)17-9/h2-8H,1H3,(H,21,22)(H,23,24). The molecule has 3 rings (SSSR count). The number of azo groups is 1. The summed E-state index contributed by atoms with van der Waals surface area (Å²) in [6.45, 7) is 1.73. The van der Waals surface area contributed by atoms with Crippen LogP contribution < -0.4 is 0 Å². The minimum absolute atomic E-state index is 0.101. The molecule has 3 aromatic rings. The highest BCUT2D eigenvalue weighted by atomic mass is 16.4. The summed E-state index contributed by atoms with van der Waals surface area (Å²) in [4.78, 5) is 26.4. The van der Waals surface area contributed by atoms with Gasteiger partial charge in [-0.3, -0.25) is 4.40 Å². The molecule has 8 heteroatoms. The van der Waals surface area contributed by atoms with Gasteiger partial charge in [0.15, 0.2) is 5.82 Å². The molecule has 2 N–H and O–H groups in total. The van der Waals surface area contributed by atoms with Crippen LogP contribution in [0.5, 0.6) is 0 Å². The minimum atomic E-state index is -1.06. The van der Waals surface area contributed by atoms with Gasteiger partial charge >= 0.3 is 11.9 Å². The summed E-state index contributed by atoms with van der Waals surface area (Å²) in [5, 5.41) is 26.2. The number of carboxylic acid groups (broad SMARTS) is 2. The Morgan fingerprint density at radius 2 is 1.79 bits per heavy atom. The summed E-state index contributed by atoms with van der Waals surface area (Å²) in [6.07, 6.45) is 1.42. The fourth-order valence-corrected chi connectivity index (χ4v) is 2.20. The van der Waals surface area contributed by atoms with Gasteiger partial charge < -0.3 is 10.2 Å². The number of fused-ring (bicyclic) bond motifs is 1. The first-order valence-electron chi connectivity index (χ1n) is 6.93. The summed E-state index contributed by atoms with van der Waals surface area (Å²) in [5.74, 6) is -1.72. The van der Waals surface area contributed by atoms with Crippen LogP contribution in [0.1, 0.15) is 26.4 Å². The van der Waals surface area contributed by atoms with Gasteiger partial charge in [-0.2, -0.15) is 0 Å². The van der Waals surface area contributed by atoms with Crippen molar-refractivity contribution in [3.8, 4) is 0 Å². The number of aromatic carboxylic acids is 2. The molecule has 0 saturated heterocycles. The largest absolute Gasteiger partial charge is 0.478 e. The van der Waals surface area contributed by atoms with Crippen LogP contribution in [0, 0.1) is 6.92 Å². The summed E-state index contributed by atoms with van der Waals surface area (Å²) in [6, 6.07) is 9.09. The van der Waals surface area contributed by atoms with E-state index in [0.717, 1.165) is 0 Å². The van der Waals surface area contributed by atoms with Crippen LogP contribution in [0.25, 0.3) is 5.65 Å². The third-order valence-corrected chi connectivity index (χ3v) is 3.36. The van der Waals surface area contributed by atoms with Crippen molar-refractivity contribution in [3.05, 3.63) is 59.4 Å². The van der Waals surface area contributed by atoms with Gasteiger partial charge in [0.25, 0.3) is 0 Å². The summed E-state index contributed by atoms with van der Waals surface area (Å²) in [5.41, 5.74) is 1.71. The fraction of sp³-hybridized carbons (Fsp3) is 0.0625. The molecule has 120 valence electrons. The van der Waals surface area contributed by atoms with E-state index in [4.69, 9.17) is 10.2 Å². The SMILES string of the molecule is Cc1nc2ccc(C(=O)O)cn2c1N=Nc1cccc(C(=O)O)c1. The highest BCUT2D eigenvalue weighted by Crippen LogP contribution is 2.24. The van der Waals surface area contributed by atoms with Gasteiger partial charge in [-0.25, -0.2) is 14.6 Å². The number of pyridine rings is 1. The van der Waals surface area contributed by atoms with Crippen molar-refractivity contribution in [2.45, 2.75) is 6.92 Å². The molecule has 0 atom stereocenters. The Labute approximate surface area is 135 Å². The number of aromatic nitrogens is 2. The number of imidazole rings is 1. The fourth-order valence-electron chi connectivity index (χ4n) is 2.20. The average Bonchev–Trinajstić information content (AvgIpc) is 2.87. The van der Waals surface area contributed by atoms with Crippen molar-refractivity contribution in [1.29, 1.82) is 0 Å². The molecule has 0 saturated carbocycles. The van der Waals surface area contributed by atoms with Crippen molar-refractivity contribution in [2.75, 3.05) is 0 Å². The van der Waals surface area contributed by atoms with Gasteiger partial charge in [0.1, 0.15) is 5.65 Å². The topological polar surface area (TPSA) is 117 Å². The smallest absolute Gasteiger partial charge is 0.337 e. The number of nitrogens with zero attached hydrogens (tertiary/aromatic N) is 4. The maximum Gasteiger partial charge on any atom is 0.337 e. The second-order valence-electron chi connectivity index (χ2n) is 5.03. The molecule has 0 aliphatic rings. The number of carboxylic acids is 2. The molecule has 2 aromatic heterocycles. The Hall–Kier alpha value is -3.55. The van der Waals surface area contributed by atoms with Gasteiger partial charge in [-0.15, -0.1) is 10.2 Å². The molecule has 0 aliphatic heterocycles. The van der Waals surface area contributed by atoms with Gasteiger partial charge in [0.05, 0.1) is 22.5 Å². The normalized spacial score (nSPS) is 11.2. The first kappa shape index (κ1) is 15.3. The van der Waals surface area contributed by atoms with Gasteiger partial charge in [-0.05, 0) is 37.3 Å². The van der Waals surface area contributed by atoms with Crippen LogP contribution in [0.4, 0.5) is 11.5 Å². The van der Waals surface area contributed by atoms with E-state index in [-0.39, 0.29) is 11.1 Å². The lowest BCUT2D eigenvalue weighted by atomic mass is 10.2. The van der Waals surface area contributed by atoms with Crippen molar-refractivity contribution in [1.82, 2.24) is 9.38 Å². The highest BCUT2D eigenvalue weighted by Gasteiger charge is 2.11. The zero-order chi connectivity index (χ0) is 17.3. The van der Waals surface area contributed by atoms with E-state index in [9.17, 15) is 9.59 Å². The molecular formula is C16H12N4O4. The molecule has 0 spiro atoms. The quantitative estimate of drug-likeness (QED) is 0.713. The second-order valence-corrected chi connectivity index (χ2v) is 5.03.